The van der Waals surface area contributed by atoms with Gasteiger partial charge < -0.3 is 21.1 Å². The lowest BCUT2D eigenvalue weighted by Gasteiger charge is -2.19. The maximum Gasteiger partial charge on any atom is 0.407 e. The van der Waals surface area contributed by atoms with Gasteiger partial charge in [-0.05, 0) is 26.8 Å². The highest BCUT2D eigenvalue weighted by Gasteiger charge is 2.16. The van der Waals surface area contributed by atoms with Gasteiger partial charge in [0.25, 0.3) is 5.91 Å². The molecule has 1 aromatic rings. The van der Waals surface area contributed by atoms with E-state index in [0.717, 1.165) is 6.07 Å². The highest BCUT2D eigenvalue weighted by molar-refractivity contribution is 6.32. The number of halogens is 2. The summed E-state index contributed by atoms with van der Waals surface area (Å²) in [5.41, 5.74) is 4.24. The molecule has 0 atom stereocenters. The van der Waals surface area contributed by atoms with Gasteiger partial charge in [-0.3, -0.25) is 4.79 Å². The molecule has 2 amide bonds. The predicted molar refractivity (Wildman–Crippen MR) is 80.4 cm³/mol. The first-order chi connectivity index (χ1) is 10.1. The number of anilines is 1. The molecule has 0 bridgehead atoms. The minimum atomic E-state index is -0.866. The lowest BCUT2D eigenvalue weighted by atomic mass is 10.2. The molecule has 0 aliphatic rings. The van der Waals surface area contributed by atoms with Gasteiger partial charge in [-0.2, -0.15) is 0 Å². The third kappa shape index (κ3) is 5.72. The van der Waals surface area contributed by atoms with Crippen molar-refractivity contribution in [2.45, 2.75) is 26.4 Å². The minimum absolute atomic E-state index is 0.138. The molecule has 1 rings (SSSR count). The second kappa shape index (κ2) is 7.26. The summed E-state index contributed by atoms with van der Waals surface area (Å²) in [6.07, 6.45) is -0.579. The summed E-state index contributed by atoms with van der Waals surface area (Å²) in [6.45, 7) is 5.60. The van der Waals surface area contributed by atoms with Crippen molar-refractivity contribution in [3.05, 3.63) is 22.6 Å². The molecule has 22 heavy (non-hydrogen) atoms. The Morgan fingerprint density at radius 1 is 1.41 bits per heavy atom. The predicted octanol–water partition coefficient (Wildman–Crippen LogP) is 1.91. The number of primary amides is 1. The Labute approximate surface area is 132 Å². The zero-order chi connectivity index (χ0) is 16.9. The fraction of sp³-hybridized carbons (Fsp3) is 0.462. The molecule has 0 radical (unpaired) electrons. The van der Waals surface area contributed by atoms with Gasteiger partial charge in [0, 0.05) is 13.1 Å². The third-order valence-corrected chi connectivity index (χ3v) is 2.57. The van der Waals surface area contributed by atoms with E-state index < -0.39 is 23.4 Å². The smallest absolute Gasteiger partial charge is 0.407 e. The van der Waals surface area contributed by atoms with E-state index in [0.29, 0.717) is 0 Å². The third-order valence-electron chi connectivity index (χ3n) is 2.28. The summed E-state index contributed by atoms with van der Waals surface area (Å²) in [5.74, 6) is -1.77. The fourth-order valence-corrected chi connectivity index (χ4v) is 1.66. The van der Waals surface area contributed by atoms with Crippen LogP contribution in [-0.4, -0.2) is 35.7 Å². The van der Waals surface area contributed by atoms with Crippen LogP contribution in [0.1, 0.15) is 31.1 Å². The summed E-state index contributed by atoms with van der Waals surface area (Å²) in [7, 11) is 0. The van der Waals surface area contributed by atoms with E-state index in [2.05, 4.69) is 15.6 Å². The lowest BCUT2D eigenvalue weighted by molar-refractivity contribution is 0.0530. The van der Waals surface area contributed by atoms with E-state index in [1.807, 2.05) is 0 Å². The van der Waals surface area contributed by atoms with Crippen LogP contribution in [0.2, 0.25) is 5.15 Å². The summed E-state index contributed by atoms with van der Waals surface area (Å²) in [5, 5.41) is 4.94. The van der Waals surface area contributed by atoms with Gasteiger partial charge >= 0.3 is 6.09 Å². The van der Waals surface area contributed by atoms with E-state index in [4.69, 9.17) is 22.1 Å². The molecule has 0 aromatic carbocycles. The van der Waals surface area contributed by atoms with E-state index in [1.54, 1.807) is 20.8 Å². The van der Waals surface area contributed by atoms with Crippen molar-refractivity contribution in [1.82, 2.24) is 10.3 Å². The van der Waals surface area contributed by atoms with Crippen molar-refractivity contribution in [2.75, 3.05) is 18.4 Å². The number of carbonyl (C=O) groups excluding carboxylic acids is 2. The summed E-state index contributed by atoms with van der Waals surface area (Å²) < 4.78 is 18.7. The van der Waals surface area contributed by atoms with Crippen molar-refractivity contribution in [2.24, 2.45) is 5.73 Å². The van der Waals surface area contributed by atoms with E-state index >= 15 is 0 Å². The molecule has 1 aromatic heterocycles. The molecule has 0 aliphatic carbocycles. The number of amides is 2. The molecule has 0 aliphatic heterocycles. The maximum atomic E-state index is 13.7. The van der Waals surface area contributed by atoms with Crippen molar-refractivity contribution >= 4 is 29.4 Å². The summed E-state index contributed by atoms with van der Waals surface area (Å²) in [6, 6.07) is 0.904. The SMILES string of the molecule is CC(C)(C)OC(=O)NCCNc1nc(Cl)c(C(N)=O)cc1F. The zero-order valence-corrected chi connectivity index (χ0v) is 13.3. The Bertz CT molecular complexity index is 575. The Hall–Kier alpha value is -2.09. The van der Waals surface area contributed by atoms with Crippen LogP contribution in [0.3, 0.4) is 0 Å². The summed E-state index contributed by atoms with van der Waals surface area (Å²) in [4.78, 5) is 26.1. The van der Waals surface area contributed by atoms with E-state index in [-0.39, 0.29) is 29.6 Å². The van der Waals surface area contributed by atoms with Crippen molar-refractivity contribution in [3.63, 3.8) is 0 Å². The number of carbonyl (C=O) groups is 2. The monoisotopic (exact) mass is 332 g/mol. The first-order valence-electron chi connectivity index (χ1n) is 6.46. The average molecular weight is 333 g/mol. The van der Waals surface area contributed by atoms with E-state index in [1.165, 1.54) is 0 Å². The van der Waals surface area contributed by atoms with Crippen molar-refractivity contribution in [1.29, 1.82) is 0 Å². The van der Waals surface area contributed by atoms with Crippen LogP contribution in [0, 0.1) is 5.82 Å². The highest BCUT2D eigenvalue weighted by atomic mass is 35.5. The van der Waals surface area contributed by atoms with Crippen LogP contribution < -0.4 is 16.4 Å². The van der Waals surface area contributed by atoms with Crippen LogP contribution in [0.5, 0.6) is 0 Å². The molecule has 7 nitrogen and oxygen atoms in total. The number of alkyl carbamates (subject to hydrolysis) is 1. The quantitative estimate of drug-likeness (QED) is 0.564. The van der Waals surface area contributed by atoms with Gasteiger partial charge in [0.2, 0.25) is 0 Å². The van der Waals surface area contributed by atoms with Crippen LogP contribution in [-0.2, 0) is 4.74 Å². The number of rotatable bonds is 5. The number of hydrogen-bond donors (Lipinski definition) is 3. The molecule has 0 saturated heterocycles. The highest BCUT2D eigenvalue weighted by Crippen LogP contribution is 2.19. The minimum Gasteiger partial charge on any atom is -0.444 e. The van der Waals surface area contributed by atoms with Crippen molar-refractivity contribution < 1.29 is 18.7 Å². The molecule has 1 heterocycles. The van der Waals surface area contributed by atoms with Crippen LogP contribution in [0.15, 0.2) is 6.07 Å². The van der Waals surface area contributed by atoms with E-state index in [9.17, 15) is 14.0 Å². The topological polar surface area (TPSA) is 106 Å². The first kappa shape index (κ1) is 18.0. The number of nitrogens with two attached hydrogens (primary N) is 1. The molecule has 0 unspecified atom stereocenters. The second-order valence-corrected chi connectivity index (χ2v) is 5.73. The Morgan fingerprint density at radius 2 is 2.05 bits per heavy atom. The van der Waals surface area contributed by atoms with Crippen LogP contribution in [0.4, 0.5) is 15.0 Å². The molecule has 0 fully saturated rings. The van der Waals surface area contributed by atoms with Crippen molar-refractivity contribution in [3.8, 4) is 0 Å². The molecule has 0 saturated carbocycles. The number of ether oxygens (including phenoxy) is 1. The van der Waals surface area contributed by atoms with Gasteiger partial charge in [0.15, 0.2) is 11.6 Å². The standard InChI is InChI=1S/C13H18ClFN4O3/c1-13(2,3)22-12(21)18-5-4-17-11-8(15)6-7(10(16)20)9(14)19-11/h6H,4-5H2,1-3H3,(H2,16,20)(H,17,19)(H,18,21). The largest absolute Gasteiger partial charge is 0.444 e. The Balaban J connectivity index is 2.51. The molecule has 4 N–H and O–H groups in total. The number of nitrogens with zero attached hydrogens (tertiary/aromatic N) is 1. The lowest BCUT2D eigenvalue weighted by Crippen LogP contribution is -2.35. The van der Waals surface area contributed by atoms with Gasteiger partial charge in [-0.15, -0.1) is 0 Å². The second-order valence-electron chi connectivity index (χ2n) is 5.38. The maximum absolute atomic E-state index is 13.7. The van der Waals surface area contributed by atoms with Gasteiger partial charge in [-0.25, -0.2) is 14.2 Å². The molecule has 0 spiro atoms. The normalized spacial score (nSPS) is 11.0. The van der Waals surface area contributed by atoms with Gasteiger partial charge in [-0.1, -0.05) is 11.6 Å². The first-order valence-corrected chi connectivity index (χ1v) is 6.84. The molecular weight excluding hydrogens is 315 g/mol. The molecular formula is C13H18ClFN4O3. The Kier molecular flexibility index (Phi) is 5.92. The fourth-order valence-electron chi connectivity index (χ4n) is 1.42. The number of aromatic nitrogens is 1. The average Bonchev–Trinajstić information content (AvgIpc) is 2.35. The number of hydrogen-bond acceptors (Lipinski definition) is 5. The number of pyridine rings is 1. The number of nitrogens with one attached hydrogen (secondary N) is 2. The summed E-state index contributed by atoms with van der Waals surface area (Å²) >= 11 is 5.72. The zero-order valence-electron chi connectivity index (χ0n) is 12.5. The molecule has 9 heteroatoms. The van der Waals surface area contributed by atoms with Gasteiger partial charge in [0.1, 0.15) is 10.8 Å². The molecule has 122 valence electrons. The van der Waals surface area contributed by atoms with Gasteiger partial charge in [0.05, 0.1) is 5.56 Å². The Morgan fingerprint density at radius 3 is 2.59 bits per heavy atom. The van der Waals surface area contributed by atoms with Crippen LogP contribution in [0.25, 0.3) is 0 Å². The van der Waals surface area contributed by atoms with Crippen LogP contribution >= 0.6 is 11.6 Å².